The third-order valence-corrected chi connectivity index (χ3v) is 1.83. The van der Waals surface area contributed by atoms with Crippen molar-refractivity contribution < 1.29 is 58.1 Å². The van der Waals surface area contributed by atoms with Crippen LogP contribution in [0, 0.1) is 0 Å². The standard InChI is InChI=1S/C7H5F11O2/c8-3(9,1-19)5(13,14)6(15,16)7(17,18)20-2-4(10,11)12/h19H,1-2H2. The first-order valence-corrected chi connectivity index (χ1v) is 4.34. The van der Waals surface area contributed by atoms with Gasteiger partial charge in [0.25, 0.3) is 0 Å². The second-order valence-electron chi connectivity index (χ2n) is 3.43. The van der Waals surface area contributed by atoms with Crippen LogP contribution < -0.4 is 0 Å². The molecule has 0 amide bonds. The molecule has 0 saturated carbocycles. The molecule has 0 unspecified atom stereocenters. The summed E-state index contributed by atoms with van der Waals surface area (Å²) in [7, 11) is 0. The van der Waals surface area contributed by atoms with Crippen molar-refractivity contribution in [2.24, 2.45) is 0 Å². The minimum Gasteiger partial charge on any atom is -0.390 e. The number of rotatable bonds is 6. The molecule has 0 heterocycles. The van der Waals surface area contributed by atoms with Crippen LogP contribution in [-0.2, 0) is 4.74 Å². The molecule has 13 heteroatoms. The summed E-state index contributed by atoms with van der Waals surface area (Å²) in [5.74, 6) is -19.9. The zero-order valence-corrected chi connectivity index (χ0v) is 8.93. The lowest BCUT2D eigenvalue weighted by atomic mass is 10.0. The lowest BCUT2D eigenvalue weighted by Gasteiger charge is -2.35. The number of aliphatic hydroxyl groups is 1. The van der Waals surface area contributed by atoms with Gasteiger partial charge in [0.15, 0.2) is 0 Å². The topological polar surface area (TPSA) is 29.5 Å². The van der Waals surface area contributed by atoms with Gasteiger partial charge in [0.1, 0.15) is 13.2 Å². The third kappa shape index (κ3) is 3.42. The molecular formula is C7H5F11O2. The summed E-state index contributed by atoms with van der Waals surface area (Å²) < 4.78 is 137. The van der Waals surface area contributed by atoms with Crippen molar-refractivity contribution in [3.8, 4) is 0 Å². The van der Waals surface area contributed by atoms with Crippen LogP contribution in [0.5, 0.6) is 0 Å². The van der Waals surface area contributed by atoms with Crippen LogP contribution in [0.2, 0.25) is 0 Å². The Morgan fingerprint density at radius 2 is 1.10 bits per heavy atom. The molecule has 0 aliphatic carbocycles. The van der Waals surface area contributed by atoms with E-state index in [-0.39, 0.29) is 0 Å². The Hall–Kier alpha value is -0.850. The first-order chi connectivity index (χ1) is 8.52. The highest BCUT2D eigenvalue weighted by Crippen LogP contribution is 2.52. The van der Waals surface area contributed by atoms with Gasteiger partial charge in [-0.1, -0.05) is 0 Å². The zero-order valence-electron chi connectivity index (χ0n) is 8.93. The fourth-order valence-corrected chi connectivity index (χ4v) is 0.775. The van der Waals surface area contributed by atoms with E-state index in [9.17, 15) is 48.3 Å². The Bertz CT molecular complexity index is 334. The molecule has 0 aromatic carbocycles. The molecular weight excluding hydrogens is 325 g/mol. The highest BCUT2D eigenvalue weighted by molar-refractivity contribution is 5.00. The Labute approximate surface area is 103 Å². The predicted octanol–water partition coefficient (Wildman–Crippen LogP) is 3.06. The zero-order chi connectivity index (χ0) is 16.6. The van der Waals surface area contributed by atoms with E-state index >= 15 is 0 Å². The molecule has 0 aromatic rings. The van der Waals surface area contributed by atoms with Gasteiger partial charge in [-0.2, -0.15) is 48.3 Å². The molecule has 20 heavy (non-hydrogen) atoms. The van der Waals surface area contributed by atoms with Gasteiger partial charge in [-0.15, -0.1) is 0 Å². The molecule has 0 radical (unpaired) electrons. The van der Waals surface area contributed by atoms with E-state index in [0.717, 1.165) is 0 Å². The average Bonchev–Trinajstić information content (AvgIpc) is 2.24. The van der Waals surface area contributed by atoms with Gasteiger partial charge < -0.3 is 9.84 Å². The summed E-state index contributed by atoms with van der Waals surface area (Å²) in [6.45, 7) is -6.01. The van der Waals surface area contributed by atoms with Crippen LogP contribution in [0.4, 0.5) is 48.3 Å². The highest BCUT2D eigenvalue weighted by atomic mass is 19.4. The van der Waals surface area contributed by atoms with E-state index in [1.54, 1.807) is 0 Å². The molecule has 122 valence electrons. The first kappa shape index (κ1) is 19.1. The summed E-state index contributed by atoms with van der Waals surface area (Å²) in [6, 6.07) is 0. The number of ether oxygens (including phenoxy) is 1. The van der Waals surface area contributed by atoms with E-state index < -0.39 is 43.3 Å². The van der Waals surface area contributed by atoms with E-state index in [1.807, 2.05) is 0 Å². The summed E-state index contributed by atoms with van der Waals surface area (Å²) in [6.07, 6.45) is -12.1. The van der Waals surface area contributed by atoms with Gasteiger partial charge in [-0.25, -0.2) is 0 Å². The molecule has 0 atom stereocenters. The van der Waals surface area contributed by atoms with Gasteiger partial charge in [0.2, 0.25) is 0 Å². The van der Waals surface area contributed by atoms with Crippen LogP contribution in [0.25, 0.3) is 0 Å². The number of hydrogen-bond acceptors (Lipinski definition) is 2. The molecule has 0 aliphatic rings. The van der Waals surface area contributed by atoms with Crippen molar-refractivity contribution in [2.75, 3.05) is 13.2 Å². The van der Waals surface area contributed by atoms with Crippen LogP contribution in [0.15, 0.2) is 0 Å². The second-order valence-corrected chi connectivity index (χ2v) is 3.43. The summed E-state index contributed by atoms with van der Waals surface area (Å²) >= 11 is 0. The van der Waals surface area contributed by atoms with Crippen molar-refractivity contribution in [1.29, 1.82) is 0 Å². The molecule has 0 rings (SSSR count). The molecule has 0 saturated heterocycles. The largest absolute Gasteiger partial charge is 0.426 e. The van der Waals surface area contributed by atoms with Crippen molar-refractivity contribution in [2.45, 2.75) is 30.1 Å². The Kier molecular flexibility index (Phi) is 4.95. The monoisotopic (exact) mass is 330 g/mol. The van der Waals surface area contributed by atoms with Crippen molar-refractivity contribution in [1.82, 2.24) is 0 Å². The smallest absolute Gasteiger partial charge is 0.390 e. The average molecular weight is 330 g/mol. The second kappa shape index (κ2) is 5.16. The lowest BCUT2D eigenvalue weighted by Crippen LogP contribution is -2.64. The predicted molar refractivity (Wildman–Crippen MR) is 38.9 cm³/mol. The van der Waals surface area contributed by atoms with Gasteiger partial charge in [0, 0.05) is 0 Å². The summed E-state index contributed by atoms with van der Waals surface area (Å²) in [4.78, 5) is 0. The Balaban J connectivity index is 5.39. The van der Waals surface area contributed by atoms with Crippen LogP contribution in [0.1, 0.15) is 0 Å². The lowest BCUT2D eigenvalue weighted by molar-refractivity contribution is -0.436. The first-order valence-electron chi connectivity index (χ1n) is 4.34. The minimum absolute atomic E-state index is 2.28. The third-order valence-electron chi connectivity index (χ3n) is 1.83. The molecule has 2 nitrogen and oxygen atoms in total. The number of halogens is 11. The maximum Gasteiger partial charge on any atom is 0.426 e. The quantitative estimate of drug-likeness (QED) is 0.759. The van der Waals surface area contributed by atoms with E-state index in [2.05, 4.69) is 4.74 Å². The maximum absolute atomic E-state index is 12.7. The normalized spacial score (nSPS) is 15.6. The Morgan fingerprint density at radius 1 is 0.700 bits per heavy atom. The molecule has 0 spiro atoms. The number of alkyl halides is 11. The summed E-state index contributed by atoms with van der Waals surface area (Å²) in [5.41, 5.74) is 0. The molecule has 0 fully saturated rings. The molecule has 0 aliphatic heterocycles. The van der Waals surface area contributed by atoms with Gasteiger partial charge in [-0.3, -0.25) is 0 Å². The van der Waals surface area contributed by atoms with E-state index in [0.29, 0.717) is 0 Å². The van der Waals surface area contributed by atoms with Crippen molar-refractivity contribution in [3.05, 3.63) is 0 Å². The van der Waals surface area contributed by atoms with Crippen LogP contribution in [-0.4, -0.2) is 48.4 Å². The number of aliphatic hydroxyl groups excluding tert-OH is 1. The van der Waals surface area contributed by atoms with E-state index in [1.165, 1.54) is 0 Å². The number of hydrogen-bond donors (Lipinski definition) is 1. The highest BCUT2D eigenvalue weighted by Gasteiger charge is 2.81. The van der Waals surface area contributed by atoms with Crippen LogP contribution >= 0.6 is 0 Å². The Morgan fingerprint density at radius 3 is 1.40 bits per heavy atom. The molecule has 0 bridgehead atoms. The van der Waals surface area contributed by atoms with Crippen LogP contribution in [0.3, 0.4) is 0 Å². The maximum atomic E-state index is 12.7. The minimum atomic E-state index is -7.00. The van der Waals surface area contributed by atoms with Crippen molar-refractivity contribution >= 4 is 0 Å². The molecule has 1 N–H and O–H groups in total. The summed E-state index contributed by atoms with van der Waals surface area (Å²) in [5, 5.41) is 7.79. The van der Waals surface area contributed by atoms with Gasteiger partial charge >= 0.3 is 30.1 Å². The van der Waals surface area contributed by atoms with Crippen molar-refractivity contribution in [3.63, 3.8) is 0 Å². The van der Waals surface area contributed by atoms with Gasteiger partial charge in [0.05, 0.1) is 0 Å². The SMILES string of the molecule is OCC(F)(F)C(F)(F)C(F)(F)C(F)(F)OCC(F)(F)F. The van der Waals surface area contributed by atoms with E-state index in [4.69, 9.17) is 5.11 Å². The molecule has 0 aromatic heterocycles. The fraction of sp³-hybridized carbons (Fsp3) is 1.00. The van der Waals surface area contributed by atoms with Gasteiger partial charge in [-0.05, 0) is 0 Å². The fourth-order valence-electron chi connectivity index (χ4n) is 0.775.